The summed E-state index contributed by atoms with van der Waals surface area (Å²) >= 11 is -2.86. The molecule has 0 aliphatic rings. The Morgan fingerprint density at radius 3 is 2.32 bits per heavy atom. The summed E-state index contributed by atoms with van der Waals surface area (Å²) in [6, 6.07) is 7.81. The van der Waals surface area contributed by atoms with Gasteiger partial charge in [0.2, 0.25) is 0 Å². The van der Waals surface area contributed by atoms with Crippen molar-refractivity contribution in [3.8, 4) is 11.3 Å². The van der Waals surface area contributed by atoms with Crippen molar-refractivity contribution >= 4 is 17.7 Å². The number of pyridine rings is 1. The van der Waals surface area contributed by atoms with Gasteiger partial charge >= 0.3 is 149 Å². The van der Waals surface area contributed by atoms with Gasteiger partial charge in [0.1, 0.15) is 0 Å². The van der Waals surface area contributed by atoms with Crippen molar-refractivity contribution in [1.82, 2.24) is 4.98 Å². The molecule has 1 heterocycles. The van der Waals surface area contributed by atoms with E-state index in [0.717, 1.165) is 0 Å². The predicted molar refractivity (Wildman–Crippen MR) is 101 cm³/mol. The van der Waals surface area contributed by atoms with Gasteiger partial charge < -0.3 is 0 Å². The maximum absolute atomic E-state index is 8.73. The molecule has 0 amide bonds. The quantitative estimate of drug-likeness (QED) is 0.688. The first-order valence-corrected chi connectivity index (χ1v) is 14.9. The van der Waals surface area contributed by atoms with Crippen LogP contribution in [0.25, 0.3) is 11.3 Å². The Balaban J connectivity index is 2.88. The van der Waals surface area contributed by atoms with E-state index in [4.69, 9.17) is 11.0 Å². The first kappa shape index (κ1) is 9.27. The average molecular weight is 364 g/mol. The zero-order chi connectivity index (χ0) is 23.3. The van der Waals surface area contributed by atoms with E-state index in [1.54, 1.807) is 32.0 Å². The van der Waals surface area contributed by atoms with Crippen molar-refractivity contribution in [2.45, 2.75) is 51.2 Å². The summed E-state index contributed by atoms with van der Waals surface area (Å²) < 4.78 is 64.9. The van der Waals surface area contributed by atoms with E-state index in [0.29, 0.717) is 21.2 Å². The normalized spacial score (nSPS) is 19.2. The van der Waals surface area contributed by atoms with Crippen LogP contribution in [0.1, 0.15) is 41.6 Å². The molecule has 0 fully saturated rings. The van der Waals surface area contributed by atoms with Crippen LogP contribution in [0, 0.1) is 19.6 Å². The van der Waals surface area contributed by atoms with Crippen molar-refractivity contribution in [1.29, 1.82) is 0 Å². The Bertz CT molecular complexity index is 907. The van der Waals surface area contributed by atoms with Gasteiger partial charge in [-0.25, -0.2) is 0 Å². The van der Waals surface area contributed by atoms with E-state index < -0.39 is 33.3 Å². The van der Waals surface area contributed by atoms with Crippen molar-refractivity contribution in [2.75, 3.05) is 0 Å². The van der Waals surface area contributed by atoms with Gasteiger partial charge in [0, 0.05) is 0 Å². The molecule has 1 aromatic heterocycles. The number of nitrogens with zero attached hydrogens (tertiary/aromatic N) is 1. The average Bonchev–Trinajstić information content (AvgIpc) is 2.58. The van der Waals surface area contributed by atoms with Crippen LogP contribution in [0.3, 0.4) is 0 Å². The van der Waals surface area contributed by atoms with Crippen LogP contribution in [0.2, 0.25) is 17.3 Å². The monoisotopic (exact) mass is 365 g/mol. The van der Waals surface area contributed by atoms with Gasteiger partial charge in [0.15, 0.2) is 0 Å². The first-order chi connectivity index (χ1) is 13.4. The third kappa shape index (κ3) is 4.01. The number of hydrogen-bond donors (Lipinski definition) is 0. The van der Waals surface area contributed by atoms with Crippen LogP contribution < -0.4 is 4.40 Å². The molecule has 22 heavy (non-hydrogen) atoms. The second kappa shape index (κ2) is 6.58. The van der Waals surface area contributed by atoms with Crippen molar-refractivity contribution in [3.05, 3.63) is 47.2 Å². The second-order valence-corrected chi connectivity index (χ2v) is 17.4. The topological polar surface area (TPSA) is 12.9 Å². The van der Waals surface area contributed by atoms with Gasteiger partial charge in [-0.2, -0.15) is 0 Å². The van der Waals surface area contributed by atoms with E-state index in [-0.39, 0.29) is 17.2 Å². The Hall–Kier alpha value is -1.09. The zero-order valence-corrected chi connectivity index (χ0v) is 16.0. The van der Waals surface area contributed by atoms with Gasteiger partial charge in [-0.3, -0.25) is 0 Å². The second-order valence-electron chi connectivity index (χ2n) is 6.91. The van der Waals surface area contributed by atoms with Crippen molar-refractivity contribution in [3.63, 3.8) is 0 Å². The number of rotatable bonds is 4. The Morgan fingerprint density at radius 2 is 1.82 bits per heavy atom. The van der Waals surface area contributed by atoms with Crippen molar-refractivity contribution < 1.29 is 11.0 Å². The molecule has 0 saturated heterocycles. The molecule has 2 aromatic rings. The fourth-order valence-corrected chi connectivity index (χ4v) is 6.12. The molecule has 2 heteroatoms. The number of benzene rings is 1. The van der Waals surface area contributed by atoms with E-state index in [2.05, 4.69) is 4.98 Å². The molecule has 1 aromatic carbocycles. The molecule has 0 N–H and O–H groups in total. The third-order valence-corrected chi connectivity index (χ3v) is 7.60. The molecular weight excluding hydrogens is 327 g/mol. The molecule has 1 nitrogen and oxygen atoms in total. The van der Waals surface area contributed by atoms with Crippen LogP contribution in [0.4, 0.5) is 0 Å². The van der Waals surface area contributed by atoms with Gasteiger partial charge in [0.05, 0.1) is 0 Å². The van der Waals surface area contributed by atoms with Crippen LogP contribution in [0.5, 0.6) is 0 Å². The fourth-order valence-electron chi connectivity index (χ4n) is 2.52. The standard InChI is InChI=1S/C20H29GeN/c1-14(2)12-18-13-19(17-10-8-15(3)9-11-17)22-16(4)20(18)21(5,6)7/h8-11,13-14H,12H2,1-7H3/i3D3,4D3,12D2. The summed E-state index contributed by atoms with van der Waals surface area (Å²) in [4.78, 5) is 4.48. The molecule has 2 rings (SSSR count). The van der Waals surface area contributed by atoms with Gasteiger partial charge in [-0.05, 0) is 0 Å². The summed E-state index contributed by atoms with van der Waals surface area (Å²) in [5, 5.41) is 0. The Morgan fingerprint density at radius 1 is 1.14 bits per heavy atom. The first-order valence-electron chi connectivity index (χ1n) is 11.5. The van der Waals surface area contributed by atoms with E-state index in [9.17, 15) is 0 Å². The van der Waals surface area contributed by atoms with Crippen LogP contribution in [-0.2, 0) is 6.37 Å². The zero-order valence-electron chi connectivity index (χ0n) is 21.9. The van der Waals surface area contributed by atoms with Crippen LogP contribution in [-0.4, -0.2) is 18.3 Å². The van der Waals surface area contributed by atoms with E-state index in [1.165, 1.54) is 12.1 Å². The summed E-state index contributed by atoms with van der Waals surface area (Å²) in [7, 11) is 0. The SMILES string of the molecule is [2H]C([2H])([2H])c1ccc(-c2cc(C([2H])([2H])C(C)C)[c]([Ge]([CH3])([CH3])[CH3])c(C([2H])([2H])[2H])n2)cc1. The molecule has 118 valence electrons. The van der Waals surface area contributed by atoms with Crippen molar-refractivity contribution in [2.24, 2.45) is 5.92 Å². The molecule has 0 bridgehead atoms. The summed E-state index contributed by atoms with van der Waals surface area (Å²) in [6.45, 7) is -1.16. The minimum absolute atomic E-state index is 0.0353. The molecule has 0 spiro atoms. The predicted octanol–water partition coefficient (Wildman–Crippen LogP) is 5.11. The van der Waals surface area contributed by atoms with Gasteiger partial charge in [-0.1, -0.05) is 0 Å². The van der Waals surface area contributed by atoms with Crippen LogP contribution >= 0.6 is 0 Å². The summed E-state index contributed by atoms with van der Waals surface area (Å²) in [5.74, 6) is 5.75. The molecule has 0 unspecified atom stereocenters. The molecule has 0 saturated carbocycles. The Kier molecular flexibility index (Phi) is 2.77. The number of hydrogen-bond acceptors (Lipinski definition) is 1. The molecule has 0 aliphatic carbocycles. The summed E-state index contributed by atoms with van der Waals surface area (Å²) in [5.41, 5.74) is 1.43. The maximum atomic E-state index is 8.73. The third-order valence-electron chi connectivity index (χ3n) is 3.39. The molecule has 0 atom stereocenters. The summed E-state index contributed by atoms with van der Waals surface area (Å²) in [6.07, 6.45) is -1.73. The molecular formula is C20H29GeN. The molecule has 0 aliphatic heterocycles. The van der Waals surface area contributed by atoms with Gasteiger partial charge in [-0.15, -0.1) is 0 Å². The van der Waals surface area contributed by atoms with E-state index in [1.807, 2.05) is 17.3 Å². The van der Waals surface area contributed by atoms with Gasteiger partial charge in [0.25, 0.3) is 0 Å². The Labute approximate surface area is 149 Å². The van der Waals surface area contributed by atoms with Crippen LogP contribution in [0.15, 0.2) is 30.3 Å². The number of aryl methyl sites for hydroxylation is 2. The van der Waals surface area contributed by atoms with E-state index >= 15 is 0 Å². The number of aromatic nitrogens is 1. The molecule has 0 radical (unpaired) electrons. The minimum atomic E-state index is -2.86. The fraction of sp³-hybridized carbons (Fsp3) is 0.450.